The number of carbonyl (C=O) groups excluding carboxylic acids is 4. The van der Waals surface area contributed by atoms with Crippen molar-refractivity contribution in [3.8, 4) is 0 Å². The third kappa shape index (κ3) is 9.28. The number of thiol groups is 1. The van der Waals surface area contributed by atoms with Gasteiger partial charge in [-0.15, -0.1) is 0 Å². The van der Waals surface area contributed by atoms with E-state index in [1.54, 1.807) is 65.8 Å². The lowest BCUT2D eigenvalue weighted by molar-refractivity contribution is -0.149. The molecule has 0 fully saturated rings. The summed E-state index contributed by atoms with van der Waals surface area (Å²) in [6.07, 6.45) is 0.843. The molecule has 0 aliphatic carbocycles. The van der Waals surface area contributed by atoms with Crippen LogP contribution in [-0.2, 0) is 23.9 Å². The summed E-state index contributed by atoms with van der Waals surface area (Å²) in [6, 6.07) is 4.79. The highest BCUT2D eigenvalue weighted by atomic mass is 32.1. The van der Waals surface area contributed by atoms with Gasteiger partial charge in [0.2, 0.25) is 11.8 Å². The van der Waals surface area contributed by atoms with Crippen molar-refractivity contribution in [3.63, 3.8) is 0 Å². The predicted octanol–water partition coefficient (Wildman–Crippen LogP) is 3.11. The van der Waals surface area contributed by atoms with Crippen molar-refractivity contribution >= 4 is 42.6 Å². The fourth-order valence-corrected chi connectivity index (χ4v) is 3.50. The minimum atomic E-state index is -1.13. The zero-order valence-corrected chi connectivity index (χ0v) is 22.4. The maximum Gasteiger partial charge on any atom is 0.408 e. The van der Waals surface area contributed by atoms with Gasteiger partial charge in [-0.05, 0) is 58.7 Å². The number of hydrogen-bond acceptors (Lipinski definition) is 7. The molecule has 0 saturated heterocycles. The normalized spacial score (nSPS) is 13.1. The summed E-state index contributed by atoms with van der Waals surface area (Å²) >= 11 is 4.26. The van der Waals surface area contributed by atoms with Gasteiger partial charge < -0.3 is 25.0 Å². The van der Waals surface area contributed by atoms with Crippen LogP contribution < -0.4 is 10.6 Å². The molecule has 2 atom stereocenters. The van der Waals surface area contributed by atoms with E-state index < -0.39 is 47.1 Å². The van der Waals surface area contributed by atoms with Crippen LogP contribution in [0.2, 0.25) is 0 Å². The Hall–Kier alpha value is -3.01. The van der Waals surface area contributed by atoms with Gasteiger partial charge in [-0.25, -0.2) is 4.79 Å². The summed E-state index contributed by atoms with van der Waals surface area (Å²) in [7, 11) is 1.21. The Morgan fingerprint density at radius 2 is 1.77 bits per heavy atom. The molecule has 0 saturated carbocycles. The lowest BCUT2D eigenvalue weighted by Gasteiger charge is -2.43. The number of alkyl carbamates (subject to hydrolysis) is 1. The van der Waals surface area contributed by atoms with Gasteiger partial charge in [-0.3, -0.25) is 14.4 Å². The minimum absolute atomic E-state index is 0.0339. The van der Waals surface area contributed by atoms with Gasteiger partial charge >= 0.3 is 12.1 Å². The molecule has 0 spiro atoms. The minimum Gasteiger partial charge on any atom is -0.468 e. The van der Waals surface area contributed by atoms with E-state index in [2.05, 4.69) is 34.6 Å². The number of nitrogens with one attached hydrogen (secondary N) is 2. The van der Waals surface area contributed by atoms with Crippen LogP contribution in [-0.4, -0.2) is 65.4 Å². The smallest absolute Gasteiger partial charge is 0.408 e. The molecule has 1 rings (SSSR count). The third-order valence-corrected chi connectivity index (χ3v) is 5.10. The zero-order valence-electron chi connectivity index (χ0n) is 21.5. The van der Waals surface area contributed by atoms with Crippen LogP contribution in [0.4, 0.5) is 4.79 Å². The molecule has 0 aliphatic heterocycles. The number of rotatable bonds is 9. The van der Waals surface area contributed by atoms with E-state index in [-0.39, 0.29) is 12.3 Å². The van der Waals surface area contributed by atoms with Crippen molar-refractivity contribution in [1.29, 1.82) is 0 Å². The molecule has 35 heavy (non-hydrogen) atoms. The highest BCUT2D eigenvalue weighted by molar-refractivity contribution is 7.80. The highest BCUT2D eigenvalue weighted by Gasteiger charge is 2.41. The van der Waals surface area contributed by atoms with Crippen LogP contribution >= 0.6 is 12.6 Å². The lowest BCUT2D eigenvalue weighted by atomic mass is 9.94. The standard InChI is InChI=1S/C25H37N3O6S/c1-9-16-11-10-12-17(13-16)20(21(30)26-14-19(29)33-8)28(24(2,3)4)22(31)18(15-35)27-23(32)34-25(5,6)7/h9-13,18,20,35H,1,14-15H2,2-8H3,(H,26,30)(H,27,32). The van der Waals surface area contributed by atoms with Crippen LogP contribution in [0.1, 0.15) is 58.7 Å². The Kier molecular flexibility index (Phi) is 10.8. The van der Waals surface area contributed by atoms with Gasteiger partial charge in [-0.1, -0.05) is 30.9 Å². The highest BCUT2D eigenvalue weighted by Crippen LogP contribution is 2.31. The maximum atomic E-state index is 13.8. The fraction of sp³-hybridized carbons (Fsp3) is 0.520. The first-order valence-corrected chi connectivity index (χ1v) is 11.8. The molecule has 194 valence electrons. The first kappa shape index (κ1) is 30.0. The predicted molar refractivity (Wildman–Crippen MR) is 138 cm³/mol. The number of benzene rings is 1. The maximum absolute atomic E-state index is 13.8. The molecule has 3 amide bonds. The molecule has 0 radical (unpaired) electrons. The van der Waals surface area contributed by atoms with Gasteiger partial charge in [0.25, 0.3) is 0 Å². The van der Waals surface area contributed by atoms with Crippen LogP contribution in [0.25, 0.3) is 6.08 Å². The molecular weight excluding hydrogens is 470 g/mol. The second-order valence-electron chi connectivity index (χ2n) is 9.83. The zero-order chi connectivity index (χ0) is 27.0. The molecule has 10 heteroatoms. The Bertz CT molecular complexity index is 936. The van der Waals surface area contributed by atoms with Crippen LogP contribution in [0.5, 0.6) is 0 Å². The van der Waals surface area contributed by atoms with E-state index in [9.17, 15) is 19.2 Å². The number of hydrogen-bond donors (Lipinski definition) is 3. The third-order valence-electron chi connectivity index (χ3n) is 4.74. The van der Waals surface area contributed by atoms with Crippen LogP contribution in [0, 0.1) is 0 Å². The van der Waals surface area contributed by atoms with Gasteiger partial charge in [0.15, 0.2) is 0 Å². The van der Waals surface area contributed by atoms with E-state index >= 15 is 0 Å². The van der Waals surface area contributed by atoms with E-state index in [1.165, 1.54) is 12.0 Å². The molecular formula is C25H37N3O6S. The van der Waals surface area contributed by atoms with Crippen molar-refractivity contribution in [3.05, 3.63) is 42.0 Å². The first-order valence-electron chi connectivity index (χ1n) is 11.1. The van der Waals surface area contributed by atoms with Gasteiger partial charge in [0.1, 0.15) is 24.2 Å². The van der Waals surface area contributed by atoms with Crippen molar-refractivity contribution in [2.75, 3.05) is 19.4 Å². The van der Waals surface area contributed by atoms with Crippen molar-refractivity contribution in [2.45, 2.75) is 64.8 Å². The van der Waals surface area contributed by atoms with E-state index in [0.29, 0.717) is 5.56 Å². The number of nitrogens with zero attached hydrogens (tertiary/aromatic N) is 1. The number of ether oxygens (including phenoxy) is 2. The molecule has 1 aromatic rings. The summed E-state index contributed by atoms with van der Waals surface area (Å²) in [4.78, 5) is 52.6. The van der Waals surface area contributed by atoms with Crippen molar-refractivity contribution in [1.82, 2.24) is 15.5 Å². The average molecular weight is 508 g/mol. The molecule has 2 unspecified atom stereocenters. The molecule has 0 aliphatic rings. The lowest BCUT2D eigenvalue weighted by Crippen LogP contribution is -2.59. The number of methoxy groups -OCH3 is 1. The molecule has 9 nitrogen and oxygen atoms in total. The quantitative estimate of drug-likeness (QED) is 0.350. The topological polar surface area (TPSA) is 114 Å². The van der Waals surface area contributed by atoms with E-state index in [0.717, 1.165) is 5.56 Å². The van der Waals surface area contributed by atoms with Gasteiger partial charge in [0.05, 0.1) is 7.11 Å². The van der Waals surface area contributed by atoms with Gasteiger partial charge in [-0.2, -0.15) is 12.6 Å². The van der Waals surface area contributed by atoms with Gasteiger partial charge in [0, 0.05) is 11.3 Å². The summed E-state index contributed by atoms with van der Waals surface area (Å²) in [6.45, 7) is 13.8. The molecule has 0 heterocycles. The monoisotopic (exact) mass is 507 g/mol. The van der Waals surface area contributed by atoms with Crippen LogP contribution in [0.15, 0.2) is 30.8 Å². The fourth-order valence-electron chi connectivity index (χ4n) is 3.25. The largest absolute Gasteiger partial charge is 0.468 e. The number of amides is 3. The molecule has 0 bridgehead atoms. The Morgan fingerprint density at radius 1 is 1.14 bits per heavy atom. The summed E-state index contributed by atoms with van der Waals surface area (Å²) < 4.78 is 9.91. The van der Waals surface area contributed by atoms with Crippen LogP contribution in [0.3, 0.4) is 0 Å². The van der Waals surface area contributed by atoms with E-state index in [4.69, 9.17) is 4.74 Å². The number of esters is 1. The average Bonchev–Trinajstić information content (AvgIpc) is 2.76. The molecule has 2 N–H and O–H groups in total. The Balaban J connectivity index is 3.50. The second-order valence-corrected chi connectivity index (χ2v) is 10.2. The first-order chi connectivity index (χ1) is 16.1. The Morgan fingerprint density at radius 3 is 2.26 bits per heavy atom. The van der Waals surface area contributed by atoms with Crippen molar-refractivity contribution in [2.24, 2.45) is 0 Å². The summed E-state index contributed by atoms with van der Waals surface area (Å²) in [5.74, 6) is -1.80. The summed E-state index contributed by atoms with van der Waals surface area (Å²) in [5.41, 5.74) is -0.388. The number of carbonyl (C=O) groups is 4. The molecule has 1 aromatic carbocycles. The Labute approximate surface area is 213 Å². The molecule has 0 aromatic heterocycles. The van der Waals surface area contributed by atoms with E-state index in [1.807, 2.05) is 6.07 Å². The SMILES string of the molecule is C=Cc1cccc(C(C(=O)NCC(=O)OC)N(C(=O)C(CS)NC(=O)OC(C)(C)C)C(C)(C)C)c1. The summed E-state index contributed by atoms with van der Waals surface area (Å²) in [5, 5.41) is 5.09. The second kappa shape index (κ2) is 12.6. The van der Waals surface area contributed by atoms with Crippen molar-refractivity contribution < 1.29 is 28.7 Å².